The van der Waals surface area contributed by atoms with E-state index in [1.165, 1.54) is 48.4 Å². The second-order valence-corrected chi connectivity index (χ2v) is 5.44. The molecule has 1 saturated carbocycles. The Bertz CT molecular complexity index is 519. The summed E-state index contributed by atoms with van der Waals surface area (Å²) in [7, 11) is 0. The normalized spacial score (nSPS) is 17.5. The van der Waals surface area contributed by atoms with Crippen LogP contribution in [0.2, 0.25) is 0 Å². The molecule has 2 aromatic carbocycles. The summed E-state index contributed by atoms with van der Waals surface area (Å²) in [6.45, 7) is 2.17. The number of benzene rings is 2. The fourth-order valence-corrected chi connectivity index (χ4v) is 3.07. The summed E-state index contributed by atoms with van der Waals surface area (Å²) >= 11 is 0. The van der Waals surface area contributed by atoms with Crippen molar-refractivity contribution in [2.24, 2.45) is 0 Å². The maximum atomic E-state index is 2.42. The van der Waals surface area contributed by atoms with E-state index in [1.54, 1.807) is 5.56 Å². The van der Waals surface area contributed by atoms with Gasteiger partial charge in [0.25, 0.3) is 0 Å². The zero-order valence-corrected chi connectivity index (χ0v) is 10.6. The molecule has 0 unspecified atom stereocenters. The van der Waals surface area contributed by atoms with Crippen LogP contribution in [0.4, 0.5) is 0 Å². The highest BCUT2D eigenvalue weighted by Gasteiger charge is 2.15. The van der Waals surface area contributed by atoms with Crippen molar-refractivity contribution < 1.29 is 0 Å². The van der Waals surface area contributed by atoms with Crippen LogP contribution >= 0.6 is 0 Å². The Hall–Kier alpha value is -1.30. The molecule has 0 atom stereocenters. The first-order valence-corrected chi connectivity index (χ1v) is 6.83. The first-order chi connectivity index (χ1) is 8.33. The molecule has 1 fully saturated rings. The van der Waals surface area contributed by atoms with Gasteiger partial charge >= 0.3 is 0 Å². The van der Waals surface area contributed by atoms with Crippen molar-refractivity contribution in [2.45, 2.75) is 44.9 Å². The van der Waals surface area contributed by atoms with Crippen molar-refractivity contribution in [1.29, 1.82) is 0 Å². The molecule has 1 aliphatic carbocycles. The lowest BCUT2D eigenvalue weighted by Gasteiger charge is -2.22. The number of hydrogen-bond acceptors (Lipinski definition) is 0. The van der Waals surface area contributed by atoms with Gasteiger partial charge in [-0.15, -0.1) is 0 Å². The molecule has 0 N–H and O–H groups in total. The monoisotopic (exact) mass is 224 g/mol. The predicted octanol–water partition coefficient (Wildman–Crippen LogP) is 5.20. The molecule has 0 bridgehead atoms. The molecular formula is C17H20. The molecule has 88 valence electrons. The highest BCUT2D eigenvalue weighted by Crippen LogP contribution is 2.33. The number of aryl methyl sites for hydroxylation is 1. The van der Waals surface area contributed by atoms with E-state index in [0.717, 1.165) is 5.92 Å². The lowest BCUT2D eigenvalue weighted by molar-refractivity contribution is 0.444. The van der Waals surface area contributed by atoms with Gasteiger partial charge < -0.3 is 0 Å². The second kappa shape index (κ2) is 4.52. The van der Waals surface area contributed by atoms with Crippen LogP contribution in [0, 0.1) is 6.92 Å². The first kappa shape index (κ1) is 10.8. The minimum Gasteiger partial charge on any atom is -0.0587 e. The molecule has 0 nitrogen and oxygen atoms in total. The fraction of sp³-hybridized carbons (Fsp3) is 0.412. The van der Waals surface area contributed by atoms with E-state index in [9.17, 15) is 0 Å². The minimum atomic E-state index is 0.814. The maximum absolute atomic E-state index is 2.42. The largest absolute Gasteiger partial charge is 0.0587 e. The van der Waals surface area contributed by atoms with Gasteiger partial charge in [-0.3, -0.25) is 0 Å². The van der Waals surface area contributed by atoms with E-state index in [-0.39, 0.29) is 0 Å². The highest BCUT2D eigenvalue weighted by molar-refractivity contribution is 5.83. The van der Waals surface area contributed by atoms with Gasteiger partial charge in [-0.2, -0.15) is 0 Å². The summed E-state index contributed by atoms with van der Waals surface area (Å²) in [5, 5.41) is 2.78. The zero-order chi connectivity index (χ0) is 11.7. The first-order valence-electron chi connectivity index (χ1n) is 6.83. The summed E-state index contributed by atoms with van der Waals surface area (Å²) < 4.78 is 0. The summed E-state index contributed by atoms with van der Waals surface area (Å²) in [5.74, 6) is 0.814. The molecule has 0 radical (unpaired) electrons. The van der Waals surface area contributed by atoms with Gasteiger partial charge in [-0.05, 0) is 42.0 Å². The van der Waals surface area contributed by atoms with Crippen molar-refractivity contribution in [3.8, 4) is 0 Å². The van der Waals surface area contributed by atoms with Crippen LogP contribution in [0.25, 0.3) is 10.8 Å². The van der Waals surface area contributed by atoms with Crippen molar-refractivity contribution in [3.05, 3.63) is 47.5 Å². The average Bonchev–Trinajstić information content (AvgIpc) is 2.39. The smallest absolute Gasteiger partial charge is 0.0162 e. The maximum Gasteiger partial charge on any atom is -0.0162 e. The van der Waals surface area contributed by atoms with Crippen LogP contribution < -0.4 is 0 Å². The molecule has 0 saturated heterocycles. The van der Waals surface area contributed by atoms with Crippen LogP contribution in [0.5, 0.6) is 0 Å². The Labute approximate surface area is 104 Å². The molecule has 17 heavy (non-hydrogen) atoms. The molecule has 0 heterocycles. The van der Waals surface area contributed by atoms with E-state index < -0.39 is 0 Å². The molecule has 2 aromatic rings. The Morgan fingerprint density at radius 2 is 1.59 bits per heavy atom. The summed E-state index contributed by atoms with van der Waals surface area (Å²) in [4.78, 5) is 0. The van der Waals surface area contributed by atoms with Crippen LogP contribution in [-0.4, -0.2) is 0 Å². The Balaban J connectivity index is 1.99. The van der Waals surface area contributed by atoms with Gasteiger partial charge in [0.05, 0.1) is 0 Å². The van der Waals surface area contributed by atoms with Crippen LogP contribution in [-0.2, 0) is 0 Å². The summed E-state index contributed by atoms with van der Waals surface area (Å²) in [6, 6.07) is 13.8. The summed E-state index contributed by atoms with van der Waals surface area (Å²) in [6.07, 6.45) is 7.03. The standard InChI is InChI=1S/C17H20/c1-13-7-8-15-9-10-16(12-17(15)11-13)14-5-3-2-4-6-14/h7-12,14H,2-6H2,1H3. The van der Waals surface area contributed by atoms with Crippen LogP contribution in [0.15, 0.2) is 36.4 Å². The summed E-state index contributed by atoms with van der Waals surface area (Å²) in [5.41, 5.74) is 2.92. The molecule has 0 aliphatic heterocycles. The molecular weight excluding hydrogens is 204 g/mol. The Morgan fingerprint density at radius 1 is 0.824 bits per heavy atom. The lowest BCUT2D eigenvalue weighted by Crippen LogP contribution is -2.04. The van der Waals surface area contributed by atoms with Gasteiger partial charge in [0.15, 0.2) is 0 Å². The third kappa shape index (κ3) is 2.22. The van der Waals surface area contributed by atoms with E-state index in [2.05, 4.69) is 43.3 Å². The SMILES string of the molecule is Cc1ccc2ccc(C3CCCCC3)cc2c1. The van der Waals surface area contributed by atoms with E-state index in [4.69, 9.17) is 0 Å². The Kier molecular flexibility index (Phi) is 2.88. The average molecular weight is 224 g/mol. The molecule has 1 aliphatic rings. The van der Waals surface area contributed by atoms with Gasteiger partial charge in [-0.1, -0.05) is 61.2 Å². The lowest BCUT2D eigenvalue weighted by atomic mass is 9.83. The predicted molar refractivity (Wildman–Crippen MR) is 74.5 cm³/mol. The van der Waals surface area contributed by atoms with E-state index in [0.29, 0.717) is 0 Å². The molecule has 0 spiro atoms. The van der Waals surface area contributed by atoms with Gasteiger partial charge in [0, 0.05) is 0 Å². The van der Waals surface area contributed by atoms with Crippen molar-refractivity contribution in [2.75, 3.05) is 0 Å². The number of rotatable bonds is 1. The van der Waals surface area contributed by atoms with Gasteiger partial charge in [0.1, 0.15) is 0 Å². The van der Waals surface area contributed by atoms with Crippen molar-refractivity contribution >= 4 is 10.8 Å². The zero-order valence-electron chi connectivity index (χ0n) is 10.6. The van der Waals surface area contributed by atoms with Crippen molar-refractivity contribution in [1.82, 2.24) is 0 Å². The Morgan fingerprint density at radius 3 is 2.41 bits per heavy atom. The van der Waals surface area contributed by atoms with Crippen LogP contribution in [0.3, 0.4) is 0 Å². The molecule has 0 amide bonds. The third-order valence-corrected chi connectivity index (χ3v) is 4.10. The van der Waals surface area contributed by atoms with Gasteiger partial charge in [-0.25, -0.2) is 0 Å². The van der Waals surface area contributed by atoms with E-state index in [1.807, 2.05) is 0 Å². The van der Waals surface area contributed by atoms with Crippen molar-refractivity contribution in [3.63, 3.8) is 0 Å². The minimum absolute atomic E-state index is 0.814. The number of fused-ring (bicyclic) bond motifs is 1. The van der Waals surface area contributed by atoms with Gasteiger partial charge in [0.2, 0.25) is 0 Å². The topological polar surface area (TPSA) is 0 Å². The molecule has 3 rings (SSSR count). The quantitative estimate of drug-likeness (QED) is 0.625. The van der Waals surface area contributed by atoms with E-state index >= 15 is 0 Å². The number of hydrogen-bond donors (Lipinski definition) is 0. The highest BCUT2D eigenvalue weighted by atomic mass is 14.2. The second-order valence-electron chi connectivity index (χ2n) is 5.44. The molecule has 0 heteroatoms. The fourth-order valence-electron chi connectivity index (χ4n) is 3.07. The molecule has 0 aromatic heterocycles. The van der Waals surface area contributed by atoms with Crippen LogP contribution in [0.1, 0.15) is 49.1 Å². The third-order valence-electron chi connectivity index (χ3n) is 4.10.